The molecular weight excluding hydrogens is 973 g/mol. The minimum Gasteiger partial charge on any atom is -0.453 e. The molecule has 4 aromatic carbocycles. The Kier molecular flexibility index (Phi) is 12.1. The van der Waals surface area contributed by atoms with Crippen LogP contribution in [0.3, 0.4) is 0 Å². The van der Waals surface area contributed by atoms with E-state index in [0.29, 0.717) is 11.2 Å². The zero-order chi connectivity index (χ0) is 52.1. The zero-order valence-corrected chi connectivity index (χ0v) is 47.1. The molecule has 4 nitrogen and oxygen atoms in total. The molecule has 0 unspecified atom stereocenters. The summed E-state index contributed by atoms with van der Waals surface area (Å²) in [7, 11) is 0. The molecule has 14 bridgehead atoms. The number of benzene rings is 4. The quantitative estimate of drug-likeness (QED) is 0.176. The van der Waals surface area contributed by atoms with Gasteiger partial charge in [-0.2, -0.15) is 0 Å². The van der Waals surface area contributed by atoms with Gasteiger partial charge in [-0.3, -0.25) is 0 Å². The second-order valence-electron chi connectivity index (χ2n) is 20.8. The average molecular weight is 1030 g/mol. The second-order valence-corrected chi connectivity index (χ2v) is 24.1. The van der Waals surface area contributed by atoms with Crippen LogP contribution in [0.5, 0.6) is 0 Å². The third-order valence-electron chi connectivity index (χ3n) is 14.8. The lowest BCUT2D eigenvalue weighted by Gasteiger charge is -2.13. The Balaban J connectivity index is 1.25. The predicted octanol–water partition coefficient (Wildman–Crippen LogP) is 20.9. The lowest BCUT2D eigenvalue weighted by molar-refractivity contribution is 0.630. The van der Waals surface area contributed by atoms with Crippen molar-refractivity contribution in [3.05, 3.63) is 199 Å². The highest BCUT2D eigenvalue weighted by molar-refractivity contribution is 7.33. The Morgan fingerprint density at radius 1 is 0.253 bits per heavy atom. The van der Waals surface area contributed by atoms with Gasteiger partial charge < -0.3 is 8.83 Å². The summed E-state index contributed by atoms with van der Waals surface area (Å²) in [5.74, 6) is 0. The molecule has 0 radical (unpaired) electrons. The summed E-state index contributed by atoms with van der Waals surface area (Å²) in [5, 5.41) is 0. The maximum absolute atomic E-state index is 7.04. The van der Waals surface area contributed by atoms with E-state index in [1.165, 1.54) is 106 Å². The molecule has 10 aromatic rings. The molecule has 75 heavy (non-hydrogen) atoms. The number of nitrogens with zero attached hydrogens (tertiary/aromatic N) is 2. The molecule has 0 fully saturated rings. The van der Waals surface area contributed by atoms with Gasteiger partial charge >= 0.3 is 0 Å². The van der Waals surface area contributed by atoms with E-state index in [9.17, 15) is 0 Å². The van der Waals surface area contributed by atoms with Crippen LogP contribution >= 0.6 is 34.0 Å². The molecule has 0 amide bonds. The number of fused-ring (bicyclic) bond motifs is 17. The van der Waals surface area contributed by atoms with Crippen LogP contribution in [0.2, 0.25) is 0 Å². The molecule has 2 aliphatic rings. The minimum atomic E-state index is 0.636. The predicted molar refractivity (Wildman–Crippen MR) is 326 cm³/mol. The van der Waals surface area contributed by atoms with Crippen LogP contribution in [0.15, 0.2) is 118 Å². The second kappa shape index (κ2) is 18.7. The van der Waals surface area contributed by atoms with Gasteiger partial charge in [0.2, 0.25) is 0 Å². The van der Waals surface area contributed by atoms with E-state index in [4.69, 9.17) is 18.8 Å². The van der Waals surface area contributed by atoms with Crippen LogP contribution < -0.4 is 0 Å². The summed E-state index contributed by atoms with van der Waals surface area (Å²) in [6.07, 6.45) is 8.75. The third kappa shape index (κ3) is 8.61. The van der Waals surface area contributed by atoms with Crippen molar-refractivity contribution in [1.29, 1.82) is 0 Å². The number of aryl methyl sites for hydroxylation is 12. The molecular formula is C68H58N2O2S3. The van der Waals surface area contributed by atoms with Gasteiger partial charge in [0, 0.05) is 39.3 Å². The summed E-state index contributed by atoms with van der Waals surface area (Å²) in [4.78, 5) is 11.3. The Morgan fingerprint density at radius 2 is 0.480 bits per heavy atom. The Bertz CT molecular complexity index is 4070. The highest BCUT2D eigenvalue weighted by atomic mass is 32.1. The Morgan fingerprint density at radius 3 is 0.773 bits per heavy atom. The van der Waals surface area contributed by atoms with Crippen molar-refractivity contribution < 1.29 is 8.83 Å². The lowest BCUT2D eigenvalue weighted by atomic mass is 9.93. The van der Waals surface area contributed by atoms with Crippen LogP contribution in [0.25, 0.3) is 119 Å². The lowest BCUT2D eigenvalue weighted by Crippen LogP contribution is -1.94. The summed E-state index contributed by atoms with van der Waals surface area (Å²) < 4.78 is 21.4. The van der Waals surface area contributed by atoms with Crippen molar-refractivity contribution in [3.63, 3.8) is 0 Å². The van der Waals surface area contributed by atoms with Crippen molar-refractivity contribution >= 4 is 109 Å². The zero-order valence-electron chi connectivity index (χ0n) is 44.6. The first-order chi connectivity index (χ1) is 36.1. The Hall–Kier alpha value is -7.42. The summed E-state index contributed by atoms with van der Waals surface area (Å²) in [6.45, 7) is 26.4. The van der Waals surface area contributed by atoms with Crippen molar-refractivity contribution in [2.45, 2.75) is 83.1 Å². The van der Waals surface area contributed by atoms with Gasteiger partial charge in [0.15, 0.2) is 11.2 Å². The van der Waals surface area contributed by atoms with Gasteiger partial charge in [-0.05, 0) is 235 Å². The molecule has 8 heterocycles. The smallest absolute Gasteiger partial charge is 0.170 e. The summed E-state index contributed by atoms with van der Waals surface area (Å²) in [5.41, 5.74) is 29.6. The number of hydrogen-bond acceptors (Lipinski definition) is 7. The van der Waals surface area contributed by atoms with Gasteiger partial charge in [0.05, 0.1) is 33.9 Å². The molecule has 0 N–H and O–H groups in total. The fourth-order valence-electron chi connectivity index (χ4n) is 12.1. The Labute approximate surface area is 451 Å². The van der Waals surface area contributed by atoms with Crippen LogP contribution in [0.4, 0.5) is 0 Å². The van der Waals surface area contributed by atoms with Crippen LogP contribution in [-0.2, 0) is 0 Å². The van der Waals surface area contributed by atoms with Gasteiger partial charge in [0.25, 0.3) is 0 Å². The van der Waals surface area contributed by atoms with Crippen molar-refractivity contribution in [2.24, 2.45) is 0 Å². The van der Waals surface area contributed by atoms with E-state index in [1.54, 1.807) is 0 Å². The first-order valence-corrected chi connectivity index (χ1v) is 28.1. The summed E-state index contributed by atoms with van der Waals surface area (Å²) in [6, 6.07) is 40.2. The van der Waals surface area contributed by atoms with Gasteiger partial charge in [-0.15, -0.1) is 34.0 Å². The first-order valence-electron chi connectivity index (χ1n) is 25.7. The first kappa shape index (κ1) is 48.5. The topological polar surface area (TPSA) is 52.1 Å². The van der Waals surface area contributed by atoms with Gasteiger partial charge in [-0.1, -0.05) is 70.8 Å². The molecule has 2 aliphatic heterocycles. The molecule has 0 spiro atoms. The van der Waals surface area contributed by atoms with E-state index >= 15 is 0 Å². The molecule has 7 heteroatoms. The average Bonchev–Trinajstić information content (AvgIpc) is 4.19. The van der Waals surface area contributed by atoms with Crippen LogP contribution in [0, 0.1) is 83.1 Å². The maximum Gasteiger partial charge on any atom is 0.170 e. The maximum atomic E-state index is 7.04. The fraction of sp³-hybridized carbons (Fsp3) is 0.176. The highest BCUT2D eigenvalue weighted by Gasteiger charge is 2.23. The SMILES string of the molecule is Cc1cc(C)c(-c2c3nc(c(-c4c(C)cc(C)cc4C)c4ccc(s4)c4ccc(s4)c4ccc(s4)c(-c4c(C)cc(C)cc4C)c4nc(c(-c5c(C)cc(C)cc5C)c5ccc(o5)c5ccc2o5)C=C4)C=C3)c(C)c1. The van der Waals surface area contributed by atoms with Gasteiger partial charge in [0.1, 0.15) is 11.2 Å². The van der Waals surface area contributed by atoms with E-state index < -0.39 is 0 Å². The largest absolute Gasteiger partial charge is 0.453 e. The molecule has 0 saturated heterocycles. The summed E-state index contributed by atoms with van der Waals surface area (Å²) >= 11 is 5.52. The fourth-order valence-corrected chi connectivity index (χ4v) is 15.4. The molecule has 370 valence electrons. The van der Waals surface area contributed by atoms with Crippen LogP contribution in [0.1, 0.15) is 89.5 Å². The molecule has 6 aromatic heterocycles. The molecule has 0 saturated carbocycles. The standard InChI is InChI=1S/C68H58N2O2S3/c1-35-27-39(5)61(40(6)28-35)65-47-13-15-49(69-47)67(63-43(9)31-37(3)32-44(63)10)59-25-23-57(74-59)55-21-22-56(73-55)58-24-26-60(75-58)68(64-45(11)33-38(4)34-46(64)12)50-16-14-48(70-50)66(62-41(7)29-36(2)30-42(62)8)54-20-18-52(72-54)51-17-19-53(65)71-51/h13-34H,1-12H3. The number of rotatable bonds is 4. The van der Waals surface area contributed by atoms with Crippen molar-refractivity contribution in [2.75, 3.05) is 0 Å². The monoisotopic (exact) mass is 1030 g/mol. The van der Waals surface area contributed by atoms with E-state index in [-0.39, 0.29) is 0 Å². The highest BCUT2D eigenvalue weighted by Crippen LogP contribution is 2.45. The minimum absolute atomic E-state index is 0.636. The number of hydrogen-bond donors (Lipinski definition) is 0. The normalized spacial score (nSPS) is 12.2. The molecule has 0 aliphatic carbocycles. The van der Waals surface area contributed by atoms with E-state index in [2.05, 4.69) is 204 Å². The van der Waals surface area contributed by atoms with Crippen LogP contribution in [-0.4, -0.2) is 9.97 Å². The number of thiophene rings is 3. The van der Waals surface area contributed by atoms with Crippen molar-refractivity contribution in [3.8, 4) is 44.5 Å². The molecule has 12 rings (SSSR count). The van der Waals surface area contributed by atoms with E-state index in [1.807, 2.05) is 46.1 Å². The number of furan rings is 2. The molecule has 0 atom stereocenters. The number of aromatic nitrogens is 2. The van der Waals surface area contributed by atoms with E-state index in [0.717, 1.165) is 67.3 Å². The van der Waals surface area contributed by atoms with Gasteiger partial charge in [-0.25, -0.2) is 9.97 Å². The van der Waals surface area contributed by atoms with Crippen molar-refractivity contribution in [1.82, 2.24) is 9.97 Å². The third-order valence-corrected chi connectivity index (χ3v) is 18.4.